The highest BCUT2D eigenvalue weighted by Crippen LogP contribution is 2.45. The van der Waals surface area contributed by atoms with E-state index >= 15 is 0 Å². The Bertz CT molecular complexity index is 1910. The molecule has 0 spiro atoms. The van der Waals surface area contributed by atoms with Gasteiger partial charge in [-0.15, -0.1) is 0 Å². The van der Waals surface area contributed by atoms with Crippen LogP contribution in [-0.4, -0.2) is 96.7 Å². The van der Waals surface area contributed by atoms with Crippen LogP contribution < -0.4 is 0 Å². The van der Waals surface area contributed by atoms with Crippen molar-refractivity contribution in [3.63, 3.8) is 0 Å². The molecule has 0 saturated heterocycles. The predicted molar refractivity (Wildman–Crippen MR) is 377 cm³/mol. The highest BCUT2D eigenvalue weighted by molar-refractivity contribution is 7.47. The van der Waals surface area contributed by atoms with Crippen LogP contribution in [-0.2, 0) is 65.4 Å². The number of esters is 4. The molecule has 3 N–H and O–H groups in total. The molecule has 0 aliphatic rings. The molecule has 0 amide bonds. The van der Waals surface area contributed by atoms with Gasteiger partial charge in [-0.3, -0.25) is 37.3 Å². The lowest BCUT2D eigenvalue weighted by Gasteiger charge is -2.21. The first-order valence-corrected chi connectivity index (χ1v) is 40.7. The van der Waals surface area contributed by atoms with Crippen LogP contribution in [0.25, 0.3) is 0 Å². The second-order valence-corrected chi connectivity index (χ2v) is 30.1. The first-order valence-electron chi connectivity index (χ1n) is 37.7. The van der Waals surface area contributed by atoms with Crippen LogP contribution in [0.1, 0.15) is 350 Å². The first kappa shape index (κ1) is 90.5. The van der Waals surface area contributed by atoms with Crippen LogP contribution in [0, 0.1) is 17.8 Å². The molecule has 0 fully saturated rings. The second kappa shape index (κ2) is 64.2. The molecule has 0 bridgehead atoms. The maximum Gasteiger partial charge on any atom is 0.472 e. The van der Waals surface area contributed by atoms with Crippen molar-refractivity contribution in [1.29, 1.82) is 0 Å². The quantitative estimate of drug-likeness (QED) is 0.0169. The third-order valence-corrected chi connectivity index (χ3v) is 18.8. The molecule has 93 heavy (non-hydrogen) atoms. The van der Waals surface area contributed by atoms with Crippen LogP contribution in [0.3, 0.4) is 0 Å². The molecule has 4 unspecified atom stereocenters. The van der Waals surface area contributed by atoms with Gasteiger partial charge in [0, 0.05) is 25.7 Å². The summed E-state index contributed by atoms with van der Waals surface area (Å²) in [4.78, 5) is 72.7. The van der Waals surface area contributed by atoms with Gasteiger partial charge in [0.05, 0.1) is 26.4 Å². The lowest BCUT2D eigenvalue weighted by molar-refractivity contribution is -0.161. The Balaban J connectivity index is 5.29. The van der Waals surface area contributed by atoms with E-state index in [0.29, 0.717) is 31.6 Å². The average Bonchev–Trinajstić information content (AvgIpc) is 2.32. The van der Waals surface area contributed by atoms with Gasteiger partial charge in [0.25, 0.3) is 0 Å². The smallest absolute Gasteiger partial charge is 0.462 e. The van der Waals surface area contributed by atoms with E-state index in [0.717, 1.165) is 121 Å². The van der Waals surface area contributed by atoms with E-state index in [1.54, 1.807) is 0 Å². The number of allylic oxidation sites excluding steroid dienone is 4. The summed E-state index contributed by atoms with van der Waals surface area (Å²) in [6, 6.07) is 0. The molecular formula is C74H140O17P2. The van der Waals surface area contributed by atoms with Crippen LogP contribution in [0.5, 0.6) is 0 Å². The number of rotatable bonds is 70. The summed E-state index contributed by atoms with van der Waals surface area (Å²) in [5.74, 6) is 0.107. The molecule has 0 rings (SSSR count). The Hall–Kier alpha value is -2.46. The van der Waals surface area contributed by atoms with Crippen molar-refractivity contribution >= 4 is 39.5 Å². The molecule has 6 atom stereocenters. The number of ether oxygens (including phenoxy) is 4. The number of phosphoric acid groups is 2. The van der Waals surface area contributed by atoms with Crippen LogP contribution in [0.4, 0.5) is 0 Å². The fourth-order valence-electron chi connectivity index (χ4n) is 10.7. The summed E-state index contributed by atoms with van der Waals surface area (Å²) in [6.45, 7) is 11.8. The van der Waals surface area contributed by atoms with Gasteiger partial charge in [-0.25, -0.2) is 9.13 Å². The minimum atomic E-state index is -4.96. The molecule has 0 aromatic carbocycles. The van der Waals surface area contributed by atoms with Crippen LogP contribution >= 0.6 is 15.6 Å². The van der Waals surface area contributed by atoms with Gasteiger partial charge in [0.2, 0.25) is 0 Å². The van der Waals surface area contributed by atoms with Gasteiger partial charge in [0.15, 0.2) is 12.2 Å². The summed E-state index contributed by atoms with van der Waals surface area (Å²) < 4.78 is 68.4. The number of hydrogen-bond donors (Lipinski definition) is 3. The monoisotopic (exact) mass is 1360 g/mol. The molecule has 17 nitrogen and oxygen atoms in total. The van der Waals surface area contributed by atoms with Gasteiger partial charge in [0.1, 0.15) is 19.3 Å². The standard InChI is InChI=1S/C74H140O17P2/c1-8-10-11-12-13-14-15-16-17-20-24-27-35-43-50-57-73(78)90-69(61-84-71(76)55-48-41-34-26-23-21-18-19-22-25-31-38-45-52-65(3)4)63-88-92(80,81)86-59-68(75)60-87-93(82,83)89-64-70(62-85-72(77)56-49-42-37-30-32-39-46-53-66(5)6)91-74(79)58-51-44-36-29-28-33-40-47-54-67(7)9-2/h14-17,65-70,75H,8-13,18-64H2,1-7H3,(H,80,81)(H,82,83)/b15-14-,17-16-/t67?,68?,69-,70-/m1/s1. The van der Waals surface area contributed by atoms with Gasteiger partial charge in [-0.1, -0.05) is 297 Å². The topological polar surface area (TPSA) is 237 Å². The fraction of sp³-hybridized carbons (Fsp3) is 0.892. The van der Waals surface area contributed by atoms with Gasteiger partial charge in [-0.2, -0.15) is 0 Å². The van der Waals surface area contributed by atoms with E-state index in [2.05, 4.69) is 72.8 Å². The summed E-state index contributed by atoms with van der Waals surface area (Å²) >= 11 is 0. The lowest BCUT2D eigenvalue weighted by Crippen LogP contribution is -2.30. The summed E-state index contributed by atoms with van der Waals surface area (Å²) in [5, 5.41) is 10.6. The molecular weight excluding hydrogens is 1220 g/mol. The Morgan fingerprint density at radius 2 is 0.634 bits per heavy atom. The van der Waals surface area contributed by atoms with Gasteiger partial charge < -0.3 is 33.8 Å². The molecule has 0 saturated carbocycles. The number of phosphoric ester groups is 2. The molecule has 0 aliphatic carbocycles. The zero-order valence-corrected chi connectivity index (χ0v) is 62.0. The zero-order valence-electron chi connectivity index (χ0n) is 60.2. The van der Waals surface area contributed by atoms with Crippen molar-refractivity contribution in [3.05, 3.63) is 24.3 Å². The molecule has 0 aliphatic heterocycles. The maximum absolute atomic E-state index is 13.1. The second-order valence-electron chi connectivity index (χ2n) is 27.2. The Morgan fingerprint density at radius 3 is 0.957 bits per heavy atom. The molecule has 0 radical (unpaired) electrons. The van der Waals surface area contributed by atoms with E-state index in [1.807, 2.05) is 0 Å². The largest absolute Gasteiger partial charge is 0.472 e. The minimum Gasteiger partial charge on any atom is -0.462 e. The first-order chi connectivity index (χ1) is 44.8. The van der Waals surface area contributed by atoms with E-state index in [-0.39, 0.29) is 25.7 Å². The van der Waals surface area contributed by atoms with Crippen molar-refractivity contribution in [3.8, 4) is 0 Å². The zero-order chi connectivity index (χ0) is 68.7. The highest BCUT2D eigenvalue weighted by atomic mass is 31.2. The predicted octanol–water partition coefficient (Wildman–Crippen LogP) is 21.0. The molecule has 0 aromatic heterocycles. The normalized spacial score (nSPS) is 14.6. The summed E-state index contributed by atoms with van der Waals surface area (Å²) in [7, 11) is -9.92. The molecule has 0 heterocycles. The van der Waals surface area contributed by atoms with Gasteiger partial charge in [-0.05, 0) is 69.1 Å². The minimum absolute atomic E-state index is 0.0846. The molecule has 548 valence electrons. The number of hydrogen-bond acceptors (Lipinski definition) is 15. The highest BCUT2D eigenvalue weighted by Gasteiger charge is 2.30. The lowest BCUT2D eigenvalue weighted by atomic mass is 9.99. The van der Waals surface area contributed by atoms with Crippen molar-refractivity contribution in [2.45, 2.75) is 369 Å². The van der Waals surface area contributed by atoms with Crippen molar-refractivity contribution in [2.24, 2.45) is 17.8 Å². The van der Waals surface area contributed by atoms with Crippen molar-refractivity contribution in [1.82, 2.24) is 0 Å². The van der Waals surface area contributed by atoms with Crippen LogP contribution in [0.15, 0.2) is 24.3 Å². The Kier molecular flexibility index (Phi) is 62.5. The Morgan fingerprint density at radius 1 is 0.355 bits per heavy atom. The Labute approximate surface area is 567 Å². The molecule has 19 heteroatoms. The number of carbonyl (C=O) groups is 4. The fourth-order valence-corrected chi connectivity index (χ4v) is 12.3. The third-order valence-electron chi connectivity index (χ3n) is 16.9. The maximum atomic E-state index is 13.1. The number of aliphatic hydroxyl groups is 1. The van der Waals surface area contributed by atoms with Crippen molar-refractivity contribution in [2.75, 3.05) is 39.6 Å². The van der Waals surface area contributed by atoms with Crippen LogP contribution in [0.2, 0.25) is 0 Å². The summed E-state index contributed by atoms with van der Waals surface area (Å²) in [6.07, 6.45) is 52.2. The number of aliphatic hydroxyl groups excluding tert-OH is 1. The van der Waals surface area contributed by atoms with E-state index in [1.165, 1.54) is 141 Å². The van der Waals surface area contributed by atoms with E-state index in [4.69, 9.17) is 37.0 Å². The summed E-state index contributed by atoms with van der Waals surface area (Å²) in [5.41, 5.74) is 0. The SMILES string of the molecule is CCCCCC/C=C\C=C/CCCCCCCC(=O)O[C@H](COC(=O)CCCCCCCCCCCCCCCC(C)C)COP(=O)(O)OCC(O)COP(=O)(O)OC[C@@H](COC(=O)CCCCCCCCCC(C)C)OC(=O)CCCCCCCCCCC(C)CC. The average molecular weight is 1360 g/mol. The van der Waals surface area contributed by atoms with E-state index in [9.17, 15) is 43.2 Å². The number of unbranched alkanes of at least 4 members (excludes halogenated alkanes) is 34. The van der Waals surface area contributed by atoms with Crippen molar-refractivity contribution < 1.29 is 80.2 Å². The number of carbonyl (C=O) groups excluding carboxylic acids is 4. The van der Waals surface area contributed by atoms with Gasteiger partial charge >= 0.3 is 39.5 Å². The molecule has 0 aromatic rings. The third kappa shape index (κ3) is 66.6. The van der Waals surface area contributed by atoms with E-state index < -0.39 is 97.5 Å².